The molecule has 6 heteroatoms. The number of nitrogens with one attached hydrogen (secondary N) is 1. The van der Waals surface area contributed by atoms with Crippen LogP contribution in [0, 0.1) is 0 Å². The lowest BCUT2D eigenvalue weighted by molar-refractivity contribution is 0.00676. The average molecular weight is 316 g/mol. The van der Waals surface area contributed by atoms with Gasteiger partial charge in [-0.1, -0.05) is 6.07 Å². The summed E-state index contributed by atoms with van der Waals surface area (Å²) in [6.45, 7) is 5.20. The van der Waals surface area contributed by atoms with Crippen molar-refractivity contribution >= 4 is 5.97 Å². The predicted molar refractivity (Wildman–Crippen MR) is 85.1 cm³/mol. The molecule has 0 bridgehead atoms. The van der Waals surface area contributed by atoms with Gasteiger partial charge in [-0.05, 0) is 32.9 Å². The lowest BCUT2D eigenvalue weighted by Gasteiger charge is -2.19. The maximum atomic E-state index is 12.1. The van der Waals surface area contributed by atoms with Gasteiger partial charge in [0.15, 0.2) is 5.43 Å². The maximum absolute atomic E-state index is 12.1. The molecular weight excluding hydrogens is 296 g/mol. The number of carbonyl (C=O) groups excluding carboxylic acids is 1. The first-order valence-electron chi connectivity index (χ1n) is 7.30. The number of esters is 1. The smallest absolute Gasteiger partial charge is 0.344 e. The topological polar surface area (TPSA) is 92.3 Å². The number of H-pyrrole nitrogens is 1. The zero-order valence-electron chi connectivity index (χ0n) is 13.4. The summed E-state index contributed by atoms with van der Waals surface area (Å²) in [6.07, 6.45) is 2.27. The molecule has 0 aromatic carbocycles. The van der Waals surface area contributed by atoms with Crippen LogP contribution in [0.4, 0.5) is 0 Å². The lowest BCUT2D eigenvalue weighted by atomic mass is 10.1. The van der Waals surface area contributed by atoms with Crippen molar-refractivity contribution in [1.29, 1.82) is 0 Å². The minimum absolute atomic E-state index is 0.0593. The number of hydrogen-bond donors (Lipinski definition) is 2. The average Bonchev–Trinajstić information content (AvgIpc) is 2.46. The molecule has 2 N–H and O–H groups in total. The highest BCUT2D eigenvalue weighted by Crippen LogP contribution is 2.14. The molecule has 0 spiro atoms. The van der Waals surface area contributed by atoms with Crippen LogP contribution < -0.4 is 5.43 Å². The number of carbonyl (C=O) groups is 1. The van der Waals surface area contributed by atoms with E-state index >= 15 is 0 Å². The standard InChI is InChI=1S/C17H20N2O4/c1-17(2,3)23-16(22)12-10-19-11(8-14(12)20)9-15(21)13-6-4-5-7-18-13/h4-8,10,15,21H,9H2,1-3H3,(H,19,20). The molecule has 0 aliphatic carbocycles. The highest BCUT2D eigenvalue weighted by atomic mass is 16.6. The molecule has 1 atom stereocenters. The van der Waals surface area contributed by atoms with Crippen LogP contribution in [0.3, 0.4) is 0 Å². The normalized spacial score (nSPS) is 12.7. The quantitative estimate of drug-likeness (QED) is 0.842. The minimum Gasteiger partial charge on any atom is -0.456 e. The fourth-order valence-electron chi connectivity index (χ4n) is 2.01. The maximum Gasteiger partial charge on any atom is 0.344 e. The van der Waals surface area contributed by atoms with Crippen molar-refractivity contribution in [3.63, 3.8) is 0 Å². The number of hydrogen-bond acceptors (Lipinski definition) is 5. The third-order valence-corrected chi connectivity index (χ3v) is 3.03. The van der Waals surface area contributed by atoms with E-state index < -0.39 is 23.1 Å². The van der Waals surface area contributed by atoms with Crippen molar-refractivity contribution in [3.05, 3.63) is 63.8 Å². The van der Waals surface area contributed by atoms with Gasteiger partial charge in [0.1, 0.15) is 17.3 Å². The van der Waals surface area contributed by atoms with Crippen LogP contribution in [0.2, 0.25) is 0 Å². The Bertz CT molecular complexity index is 732. The molecule has 2 heterocycles. The molecule has 122 valence electrons. The van der Waals surface area contributed by atoms with Crippen LogP contribution in [0.5, 0.6) is 0 Å². The van der Waals surface area contributed by atoms with E-state index in [-0.39, 0.29) is 12.0 Å². The Kier molecular flexibility index (Phi) is 4.95. The second-order valence-electron chi connectivity index (χ2n) is 6.21. The summed E-state index contributed by atoms with van der Waals surface area (Å²) in [5.74, 6) is -0.671. The molecule has 1 unspecified atom stereocenters. The number of aromatic amines is 1. The van der Waals surface area contributed by atoms with E-state index in [1.54, 1.807) is 45.2 Å². The van der Waals surface area contributed by atoms with E-state index in [2.05, 4.69) is 9.97 Å². The summed E-state index contributed by atoms with van der Waals surface area (Å²) in [6, 6.07) is 6.54. The highest BCUT2D eigenvalue weighted by molar-refractivity contribution is 5.89. The summed E-state index contributed by atoms with van der Waals surface area (Å²) in [5, 5.41) is 10.1. The Labute approximate surface area is 134 Å². The molecule has 2 rings (SSSR count). The Hall–Kier alpha value is -2.47. The van der Waals surface area contributed by atoms with Crippen molar-refractivity contribution in [1.82, 2.24) is 9.97 Å². The molecule has 6 nitrogen and oxygen atoms in total. The Morgan fingerprint density at radius 3 is 2.70 bits per heavy atom. The highest BCUT2D eigenvalue weighted by Gasteiger charge is 2.20. The zero-order valence-corrected chi connectivity index (χ0v) is 13.4. The predicted octanol–water partition coefficient (Wildman–Crippen LogP) is 2.00. The van der Waals surface area contributed by atoms with Gasteiger partial charge in [-0.2, -0.15) is 0 Å². The number of aliphatic hydroxyl groups excluding tert-OH is 1. The van der Waals surface area contributed by atoms with Crippen LogP contribution in [-0.2, 0) is 11.2 Å². The second kappa shape index (κ2) is 6.75. The Balaban J connectivity index is 2.13. The number of pyridine rings is 2. The van der Waals surface area contributed by atoms with Crippen LogP contribution in [0.25, 0.3) is 0 Å². The van der Waals surface area contributed by atoms with Gasteiger partial charge in [-0.15, -0.1) is 0 Å². The van der Waals surface area contributed by atoms with Crippen LogP contribution >= 0.6 is 0 Å². The van der Waals surface area contributed by atoms with Gasteiger partial charge >= 0.3 is 5.97 Å². The van der Waals surface area contributed by atoms with E-state index in [1.165, 1.54) is 12.3 Å². The largest absolute Gasteiger partial charge is 0.456 e. The first kappa shape index (κ1) is 16.9. The molecular formula is C17H20N2O4. The van der Waals surface area contributed by atoms with Gasteiger partial charge in [0, 0.05) is 30.6 Å². The third kappa shape index (κ3) is 4.75. The van der Waals surface area contributed by atoms with E-state index in [9.17, 15) is 14.7 Å². The zero-order chi connectivity index (χ0) is 17.0. The molecule has 2 aromatic rings. The number of rotatable bonds is 4. The van der Waals surface area contributed by atoms with Crippen molar-refractivity contribution in [2.75, 3.05) is 0 Å². The van der Waals surface area contributed by atoms with Crippen LogP contribution in [0.15, 0.2) is 41.5 Å². The van der Waals surface area contributed by atoms with Gasteiger partial charge in [0.05, 0.1) is 5.69 Å². The van der Waals surface area contributed by atoms with Crippen molar-refractivity contribution in [3.8, 4) is 0 Å². The number of aromatic nitrogens is 2. The van der Waals surface area contributed by atoms with Gasteiger partial charge in [0.2, 0.25) is 0 Å². The summed E-state index contributed by atoms with van der Waals surface area (Å²) >= 11 is 0. The Morgan fingerprint density at radius 2 is 2.13 bits per heavy atom. The van der Waals surface area contributed by atoms with Crippen LogP contribution in [0.1, 0.15) is 48.6 Å². The molecule has 2 aromatic heterocycles. The molecule has 0 aliphatic heterocycles. The third-order valence-electron chi connectivity index (χ3n) is 3.03. The van der Waals surface area contributed by atoms with E-state index in [4.69, 9.17) is 4.74 Å². The van der Waals surface area contributed by atoms with E-state index in [1.807, 2.05) is 0 Å². The van der Waals surface area contributed by atoms with E-state index in [0.717, 1.165) is 0 Å². The summed E-state index contributed by atoms with van der Waals surface area (Å²) in [5.41, 5.74) is -0.139. The van der Waals surface area contributed by atoms with Crippen molar-refractivity contribution in [2.24, 2.45) is 0 Å². The number of nitrogens with zero attached hydrogens (tertiary/aromatic N) is 1. The van der Waals surface area contributed by atoms with Crippen molar-refractivity contribution in [2.45, 2.75) is 38.9 Å². The first-order valence-corrected chi connectivity index (χ1v) is 7.30. The summed E-state index contributed by atoms with van der Waals surface area (Å²) < 4.78 is 5.18. The first-order chi connectivity index (χ1) is 10.8. The molecule has 0 amide bonds. The van der Waals surface area contributed by atoms with Crippen LogP contribution in [-0.4, -0.2) is 26.6 Å². The molecule has 23 heavy (non-hydrogen) atoms. The molecule has 0 saturated carbocycles. The summed E-state index contributed by atoms with van der Waals surface area (Å²) in [4.78, 5) is 30.9. The molecule has 0 aliphatic rings. The fraction of sp³-hybridized carbons (Fsp3) is 0.353. The number of aliphatic hydroxyl groups is 1. The fourth-order valence-corrected chi connectivity index (χ4v) is 2.01. The minimum atomic E-state index is -0.834. The lowest BCUT2D eigenvalue weighted by Crippen LogP contribution is -2.27. The van der Waals surface area contributed by atoms with Gasteiger partial charge in [-0.25, -0.2) is 4.79 Å². The van der Waals surface area contributed by atoms with Gasteiger partial charge in [0.25, 0.3) is 0 Å². The molecule has 0 radical (unpaired) electrons. The van der Waals surface area contributed by atoms with Gasteiger partial charge in [-0.3, -0.25) is 9.78 Å². The monoisotopic (exact) mass is 316 g/mol. The SMILES string of the molecule is CC(C)(C)OC(=O)c1c[nH]c(CC(O)c2ccccn2)cc1=O. The molecule has 0 saturated heterocycles. The number of ether oxygens (including phenoxy) is 1. The summed E-state index contributed by atoms with van der Waals surface area (Å²) in [7, 11) is 0. The Morgan fingerprint density at radius 1 is 1.39 bits per heavy atom. The van der Waals surface area contributed by atoms with Crippen molar-refractivity contribution < 1.29 is 14.6 Å². The van der Waals surface area contributed by atoms with E-state index in [0.29, 0.717) is 11.4 Å². The molecule has 0 fully saturated rings. The second-order valence-corrected chi connectivity index (χ2v) is 6.21. The van der Waals surface area contributed by atoms with Gasteiger partial charge < -0.3 is 14.8 Å².